The van der Waals surface area contributed by atoms with E-state index in [2.05, 4.69) is 21.9 Å². The van der Waals surface area contributed by atoms with E-state index in [1.54, 1.807) is 36.4 Å². The lowest BCUT2D eigenvalue weighted by molar-refractivity contribution is 0.0947. The molecular weight excluding hydrogens is 408 g/mol. The molecular formula is C24H22N4O4. The Labute approximate surface area is 183 Å². The zero-order valence-corrected chi connectivity index (χ0v) is 17.3. The molecule has 0 unspecified atom stereocenters. The van der Waals surface area contributed by atoms with Gasteiger partial charge in [0.25, 0.3) is 11.5 Å². The molecule has 0 aliphatic rings. The summed E-state index contributed by atoms with van der Waals surface area (Å²) in [7, 11) is 0. The number of hydrogen-bond donors (Lipinski definition) is 3. The van der Waals surface area contributed by atoms with E-state index in [9.17, 15) is 14.4 Å². The molecule has 2 aromatic carbocycles. The number of H-pyrrole nitrogens is 2. The van der Waals surface area contributed by atoms with Crippen LogP contribution in [0.2, 0.25) is 0 Å². The van der Waals surface area contributed by atoms with Crippen molar-refractivity contribution < 1.29 is 9.53 Å². The lowest BCUT2D eigenvalue weighted by atomic mass is 10.1. The van der Waals surface area contributed by atoms with E-state index in [1.807, 2.05) is 30.3 Å². The van der Waals surface area contributed by atoms with Crippen molar-refractivity contribution >= 4 is 16.9 Å². The van der Waals surface area contributed by atoms with Crippen molar-refractivity contribution in [3.8, 4) is 17.0 Å². The number of amides is 1. The Kier molecular flexibility index (Phi) is 6.03. The molecule has 1 amide bonds. The minimum Gasteiger partial charge on any atom is -0.492 e. The summed E-state index contributed by atoms with van der Waals surface area (Å²) >= 11 is 0. The van der Waals surface area contributed by atoms with Gasteiger partial charge >= 0.3 is 5.69 Å². The number of allylic oxidation sites excluding steroid dienone is 1. The summed E-state index contributed by atoms with van der Waals surface area (Å²) in [4.78, 5) is 41.7. The summed E-state index contributed by atoms with van der Waals surface area (Å²) in [5, 5.41) is 2.81. The van der Waals surface area contributed by atoms with E-state index in [1.165, 1.54) is 4.57 Å². The average molecular weight is 430 g/mol. The molecule has 0 aliphatic carbocycles. The Balaban J connectivity index is 1.42. The molecule has 0 radical (unpaired) electrons. The van der Waals surface area contributed by atoms with Crippen molar-refractivity contribution in [1.29, 1.82) is 0 Å². The maximum absolute atomic E-state index is 12.2. The number of benzene rings is 2. The molecule has 2 heterocycles. The highest BCUT2D eigenvalue weighted by Crippen LogP contribution is 2.24. The van der Waals surface area contributed by atoms with Crippen LogP contribution in [-0.2, 0) is 6.54 Å². The largest absolute Gasteiger partial charge is 0.492 e. The molecule has 0 bridgehead atoms. The topological polar surface area (TPSA) is 109 Å². The number of ether oxygens (including phenoxy) is 1. The number of rotatable bonds is 8. The Hall–Kier alpha value is -4.33. The first-order chi connectivity index (χ1) is 15.6. The van der Waals surface area contributed by atoms with Crippen molar-refractivity contribution in [3.63, 3.8) is 0 Å². The number of fused-ring (bicyclic) bond motifs is 1. The molecule has 0 aliphatic heterocycles. The smallest absolute Gasteiger partial charge is 0.329 e. The Morgan fingerprint density at radius 2 is 1.81 bits per heavy atom. The highest BCUT2D eigenvalue weighted by Gasteiger charge is 2.12. The molecule has 4 rings (SSSR count). The van der Waals surface area contributed by atoms with E-state index in [0.29, 0.717) is 41.2 Å². The summed E-state index contributed by atoms with van der Waals surface area (Å²) < 4.78 is 7.14. The molecule has 3 N–H and O–H groups in total. The van der Waals surface area contributed by atoms with Crippen LogP contribution in [0.5, 0.6) is 5.75 Å². The van der Waals surface area contributed by atoms with E-state index < -0.39 is 11.2 Å². The standard InChI is InChI=1S/C24H22N4O4/c1-2-13-28-20-15-19(26-21(20)23(30)27-24(28)31)16-8-10-18(11-9-16)32-14-12-25-22(29)17-6-4-3-5-7-17/h2-11,15,26H,1,12-14H2,(H,25,29)(H,27,30,31). The van der Waals surface area contributed by atoms with Gasteiger partial charge in [-0.2, -0.15) is 0 Å². The van der Waals surface area contributed by atoms with Crippen LogP contribution in [0.15, 0.2) is 82.9 Å². The zero-order valence-electron chi connectivity index (χ0n) is 17.3. The van der Waals surface area contributed by atoms with Gasteiger partial charge in [-0.1, -0.05) is 24.3 Å². The summed E-state index contributed by atoms with van der Waals surface area (Å²) in [5.41, 5.74) is 2.05. The molecule has 0 spiro atoms. The monoisotopic (exact) mass is 430 g/mol. The lowest BCUT2D eigenvalue weighted by Gasteiger charge is -2.08. The highest BCUT2D eigenvalue weighted by molar-refractivity contribution is 5.94. The third kappa shape index (κ3) is 4.39. The van der Waals surface area contributed by atoms with Crippen LogP contribution in [0.1, 0.15) is 10.4 Å². The van der Waals surface area contributed by atoms with Gasteiger partial charge in [-0.15, -0.1) is 6.58 Å². The molecule has 0 saturated carbocycles. The van der Waals surface area contributed by atoms with Gasteiger partial charge in [-0.05, 0) is 48.0 Å². The maximum atomic E-state index is 12.2. The number of nitrogens with one attached hydrogen (secondary N) is 3. The first-order valence-corrected chi connectivity index (χ1v) is 10.1. The second-order valence-electron chi connectivity index (χ2n) is 7.10. The Bertz CT molecular complexity index is 1370. The molecule has 0 fully saturated rings. The fraction of sp³-hybridized carbons (Fsp3) is 0.125. The van der Waals surface area contributed by atoms with Gasteiger partial charge in [0, 0.05) is 17.8 Å². The molecule has 4 aromatic rings. The number of carbonyl (C=O) groups excluding carboxylic acids is 1. The SMILES string of the molecule is C=CCn1c(=O)[nH]c(=O)c2[nH]c(-c3ccc(OCCNC(=O)c4ccccc4)cc3)cc21. The normalized spacial score (nSPS) is 10.8. The van der Waals surface area contributed by atoms with E-state index in [4.69, 9.17) is 4.74 Å². The van der Waals surface area contributed by atoms with Crippen molar-refractivity contribution in [2.75, 3.05) is 13.2 Å². The molecule has 8 nitrogen and oxygen atoms in total. The molecule has 0 atom stereocenters. The maximum Gasteiger partial charge on any atom is 0.329 e. The molecule has 8 heteroatoms. The molecule has 2 aromatic heterocycles. The summed E-state index contributed by atoms with van der Waals surface area (Å²) in [6, 6.07) is 18.1. The fourth-order valence-corrected chi connectivity index (χ4v) is 3.39. The molecule has 32 heavy (non-hydrogen) atoms. The van der Waals surface area contributed by atoms with Gasteiger partial charge in [0.15, 0.2) is 0 Å². The number of aromatic nitrogens is 3. The fourth-order valence-electron chi connectivity index (χ4n) is 3.39. The summed E-state index contributed by atoms with van der Waals surface area (Å²) in [6.45, 7) is 4.65. The van der Waals surface area contributed by atoms with Crippen LogP contribution in [0.25, 0.3) is 22.3 Å². The molecule has 0 saturated heterocycles. The predicted octanol–water partition coefficient (Wildman–Crippen LogP) is 2.68. The van der Waals surface area contributed by atoms with Gasteiger partial charge in [-0.3, -0.25) is 19.1 Å². The van der Waals surface area contributed by atoms with Crippen LogP contribution in [0, 0.1) is 0 Å². The average Bonchev–Trinajstić information content (AvgIpc) is 3.26. The summed E-state index contributed by atoms with van der Waals surface area (Å²) in [6.07, 6.45) is 1.60. The lowest BCUT2D eigenvalue weighted by Crippen LogP contribution is -2.29. The van der Waals surface area contributed by atoms with Crippen LogP contribution >= 0.6 is 0 Å². The van der Waals surface area contributed by atoms with Gasteiger partial charge in [0.05, 0.1) is 12.1 Å². The predicted molar refractivity (Wildman–Crippen MR) is 123 cm³/mol. The zero-order chi connectivity index (χ0) is 22.5. The van der Waals surface area contributed by atoms with E-state index in [-0.39, 0.29) is 12.5 Å². The second-order valence-corrected chi connectivity index (χ2v) is 7.10. The first-order valence-electron chi connectivity index (χ1n) is 10.1. The van der Waals surface area contributed by atoms with Crippen molar-refractivity contribution in [2.45, 2.75) is 6.54 Å². The van der Waals surface area contributed by atoms with Crippen LogP contribution in [-0.4, -0.2) is 33.6 Å². The van der Waals surface area contributed by atoms with E-state index >= 15 is 0 Å². The third-order valence-corrected chi connectivity index (χ3v) is 4.95. The Morgan fingerprint density at radius 3 is 2.53 bits per heavy atom. The Morgan fingerprint density at radius 1 is 1.06 bits per heavy atom. The van der Waals surface area contributed by atoms with Gasteiger partial charge in [0.2, 0.25) is 0 Å². The number of hydrogen-bond acceptors (Lipinski definition) is 4. The van der Waals surface area contributed by atoms with E-state index in [0.717, 1.165) is 5.56 Å². The molecule has 162 valence electrons. The number of aromatic amines is 2. The van der Waals surface area contributed by atoms with Crippen LogP contribution in [0.4, 0.5) is 0 Å². The third-order valence-electron chi connectivity index (χ3n) is 4.95. The minimum absolute atomic E-state index is 0.145. The van der Waals surface area contributed by atoms with Crippen molar-refractivity contribution in [2.24, 2.45) is 0 Å². The van der Waals surface area contributed by atoms with Crippen molar-refractivity contribution in [3.05, 3.63) is 99.7 Å². The summed E-state index contributed by atoms with van der Waals surface area (Å²) in [5.74, 6) is 0.508. The van der Waals surface area contributed by atoms with Crippen LogP contribution in [0.3, 0.4) is 0 Å². The van der Waals surface area contributed by atoms with Gasteiger partial charge in [0.1, 0.15) is 17.9 Å². The van der Waals surface area contributed by atoms with Crippen LogP contribution < -0.4 is 21.3 Å². The highest BCUT2D eigenvalue weighted by atomic mass is 16.5. The number of carbonyl (C=O) groups is 1. The quantitative estimate of drug-likeness (QED) is 0.295. The second kappa shape index (κ2) is 9.22. The number of nitrogens with zero attached hydrogens (tertiary/aromatic N) is 1. The first kappa shape index (κ1) is 20.9. The van der Waals surface area contributed by atoms with Crippen molar-refractivity contribution in [1.82, 2.24) is 19.9 Å². The van der Waals surface area contributed by atoms with Gasteiger partial charge < -0.3 is 15.0 Å². The minimum atomic E-state index is -0.476. The van der Waals surface area contributed by atoms with Gasteiger partial charge in [-0.25, -0.2) is 4.79 Å².